The topological polar surface area (TPSA) is 137 Å². The van der Waals surface area contributed by atoms with E-state index in [0.717, 1.165) is 0 Å². The van der Waals surface area contributed by atoms with Crippen LogP contribution in [0.15, 0.2) is 0 Å². The standard InChI is InChI=1S/8CHO.2Co/c8*1-2;;/h8*1H;;/q8*-1;;. The molecule has 0 aliphatic carbocycles. The van der Waals surface area contributed by atoms with E-state index in [1.54, 1.807) is 0 Å². The molecule has 18 heavy (non-hydrogen) atoms. The fourth-order valence-electron chi connectivity index (χ4n) is 0. The van der Waals surface area contributed by atoms with E-state index in [4.69, 9.17) is 38.4 Å². The molecule has 8 nitrogen and oxygen atoms in total. The van der Waals surface area contributed by atoms with Gasteiger partial charge in [-0.15, -0.1) is 0 Å². The predicted molar refractivity (Wildman–Crippen MR) is 54.0 cm³/mol. The number of hydrogen-bond donors (Lipinski definition) is 0. The van der Waals surface area contributed by atoms with Crippen molar-refractivity contribution in [1.29, 1.82) is 0 Å². The Kier molecular flexibility index (Phi) is 6350. The van der Waals surface area contributed by atoms with Crippen LogP contribution in [0.25, 0.3) is 0 Å². The molecular formula is C8H8Co2O8-8. The van der Waals surface area contributed by atoms with Crippen molar-refractivity contribution in [2.24, 2.45) is 0 Å². The minimum atomic E-state index is 0. The smallest absolute Gasteiger partial charge is 0 e. The van der Waals surface area contributed by atoms with E-state index in [1.807, 2.05) is 0 Å². The third kappa shape index (κ3) is 971. The summed E-state index contributed by atoms with van der Waals surface area (Å²) in [4.78, 5) is 62.0. The first-order valence-corrected chi connectivity index (χ1v) is 1.89. The number of hydrogen-bond acceptors (Lipinski definition) is 8. The Morgan fingerprint density at radius 1 is 0.222 bits per heavy atom. The molecule has 0 bridgehead atoms. The van der Waals surface area contributed by atoms with Crippen LogP contribution in [-0.2, 0) is 71.9 Å². The van der Waals surface area contributed by atoms with Gasteiger partial charge in [0.05, 0.1) is 0 Å². The second-order valence-electron chi connectivity index (χ2n) is 0. The molecule has 0 amide bonds. The van der Waals surface area contributed by atoms with Gasteiger partial charge in [0, 0.05) is 33.6 Å². The maximum absolute atomic E-state index is 7.75. The second-order valence-corrected chi connectivity index (χ2v) is 0. The van der Waals surface area contributed by atoms with E-state index in [9.17, 15) is 0 Å². The molecule has 0 heterocycles. The second kappa shape index (κ2) is 1200. The Balaban J connectivity index is -0.00000000500. The van der Waals surface area contributed by atoms with E-state index in [0.29, 0.717) is 0 Å². The van der Waals surface area contributed by atoms with Crippen LogP contribution in [0.5, 0.6) is 0 Å². The van der Waals surface area contributed by atoms with Crippen LogP contribution >= 0.6 is 0 Å². The normalized spacial score (nSPS) is 1.78. The molecule has 0 saturated carbocycles. The van der Waals surface area contributed by atoms with E-state index < -0.39 is 0 Å². The van der Waals surface area contributed by atoms with Crippen molar-refractivity contribution >= 4 is 54.3 Å². The minimum Gasteiger partial charge on any atom is -0.545 e. The molecule has 0 saturated heterocycles. The molecule has 0 atom stereocenters. The Bertz CT molecular complexity index is 49.1. The molecule has 0 aliphatic rings. The van der Waals surface area contributed by atoms with Gasteiger partial charge in [-0.3, -0.25) is 54.3 Å². The van der Waals surface area contributed by atoms with Gasteiger partial charge in [-0.2, -0.15) is 0 Å². The van der Waals surface area contributed by atoms with Gasteiger partial charge in [-0.05, 0) is 0 Å². The largest absolute Gasteiger partial charge is 0.545 e. The molecular weight excluding hydrogens is 342 g/mol. The van der Waals surface area contributed by atoms with Crippen molar-refractivity contribution in [1.82, 2.24) is 0 Å². The minimum absolute atomic E-state index is 0. The van der Waals surface area contributed by atoms with Gasteiger partial charge >= 0.3 is 0 Å². The summed E-state index contributed by atoms with van der Waals surface area (Å²) in [6.45, 7) is 26.0. The number of rotatable bonds is 0. The molecule has 0 rings (SSSR count). The molecule has 10 heteroatoms. The Morgan fingerprint density at radius 2 is 0.222 bits per heavy atom. The Hall–Kier alpha value is -1.63. The zero-order valence-corrected chi connectivity index (χ0v) is 10.6. The summed E-state index contributed by atoms with van der Waals surface area (Å²) in [6.07, 6.45) is 0. The van der Waals surface area contributed by atoms with E-state index in [-0.39, 0.29) is 33.6 Å². The average molecular weight is 350 g/mol. The summed E-state index contributed by atoms with van der Waals surface area (Å²) in [6, 6.07) is 0. The van der Waals surface area contributed by atoms with Crippen LogP contribution in [0.4, 0.5) is 0 Å². The maximum atomic E-state index is 7.75. The summed E-state index contributed by atoms with van der Waals surface area (Å²) in [7, 11) is 0. The summed E-state index contributed by atoms with van der Waals surface area (Å²) in [5.74, 6) is 0. The zero-order chi connectivity index (χ0) is 16.0. The van der Waals surface area contributed by atoms with Crippen LogP contribution in [0.2, 0.25) is 0 Å². The van der Waals surface area contributed by atoms with Crippen LogP contribution in [0, 0.1) is 0 Å². The quantitative estimate of drug-likeness (QED) is 0.355. The SMILES string of the molecule is [CH-]=O.[CH-]=O.[CH-]=O.[CH-]=O.[CH-]=O.[CH-]=O.[CH-]=O.[CH-]=O.[Co].[Co]. The van der Waals surface area contributed by atoms with Crippen LogP contribution in [-0.4, -0.2) is 54.3 Å². The predicted octanol–water partition coefficient (Wildman–Crippen LogP) is -2.20. The van der Waals surface area contributed by atoms with Gasteiger partial charge in [0.15, 0.2) is 0 Å². The molecule has 0 aromatic heterocycles. The molecule has 0 spiro atoms. The van der Waals surface area contributed by atoms with Crippen molar-refractivity contribution < 1.29 is 71.9 Å². The third-order valence-corrected chi connectivity index (χ3v) is 0. The fraction of sp³-hybridized carbons (Fsp3) is 0. The Labute approximate surface area is 126 Å². The summed E-state index contributed by atoms with van der Waals surface area (Å²) >= 11 is 0. The molecule has 0 aromatic carbocycles. The molecule has 0 fully saturated rings. The zero-order valence-electron chi connectivity index (χ0n) is 8.55. The molecule has 0 N–H and O–H groups in total. The third-order valence-electron chi connectivity index (χ3n) is 0. The van der Waals surface area contributed by atoms with Gasteiger partial charge in [0.2, 0.25) is 0 Å². The van der Waals surface area contributed by atoms with Gasteiger partial charge in [-0.1, -0.05) is 0 Å². The van der Waals surface area contributed by atoms with Crippen molar-refractivity contribution in [3.63, 3.8) is 0 Å². The first-order valence-electron chi connectivity index (χ1n) is 1.89. The van der Waals surface area contributed by atoms with Crippen molar-refractivity contribution in [3.05, 3.63) is 0 Å². The molecule has 0 aliphatic heterocycles. The van der Waals surface area contributed by atoms with Crippen LogP contribution < -0.4 is 0 Å². The first kappa shape index (κ1) is 95.3. The van der Waals surface area contributed by atoms with Gasteiger partial charge in [-0.25, -0.2) is 0 Å². The van der Waals surface area contributed by atoms with Crippen LogP contribution in [0.3, 0.4) is 0 Å². The van der Waals surface area contributed by atoms with E-state index >= 15 is 0 Å². The summed E-state index contributed by atoms with van der Waals surface area (Å²) in [5, 5.41) is 0. The molecule has 2 radical (unpaired) electrons. The van der Waals surface area contributed by atoms with Gasteiger partial charge in [0.25, 0.3) is 0 Å². The van der Waals surface area contributed by atoms with Crippen LogP contribution in [0.1, 0.15) is 0 Å². The van der Waals surface area contributed by atoms with Crippen molar-refractivity contribution in [3.8, 4) is 0 Å². The monoisotopic (exact) mass is 350 g/mol. The van der Waals surface area contributed by atoms with Crippen molar-refractivity contribution in [2.75, 3.05) is 0 Å². The van der Waals surface area contributed by atoms with Gasteiger partial charge in [0.1, 0.15) is 0 Å². The average Bonchev–Trinajstić information content (AvgIpc) is 2.54. The maximum Gasteiger partial charge on any atom is 0 e. The van der Waals surface area contributed by atoms with E-state index in [1.165, 1.54) is 0 Å². The molecule has 114 valence electrons. The molecule has 0 unspecified atom stereocenters. The first-order chi connectivity index (χ1) is 8.00. The Morgan fingerprint density at radius 3 is 0.222 bits per heavy atom. The van der Waals surface area contributed by atoms with Crippen molar-refractivity contribution in [2.45, 2.75) is 0 Å². The number of carbonyl (C=O) groups excluding carboxylic acids is 8. The summed E-state index contributed by atoms with van der Waals surface area (Å²) < 4.78 is 0. The van der Waals surface area contributed by atoms with Gasteiger partial charge < -0.3 is 38.4 Å². The molecule has 0 aromatic rings. The fourth-order valence-corrected chi connectivity index (χ4v) is 0. The summed E-state index contributed by atoms with van der Waals surface area (Å²) in [5.41, 5.74) is 0. The van der Waals surface area contributed by atoms with E-state index in [2.05, 4.69) is 54.3 Å².